The highest BCUT2D eigenvalue weighted by molar-refractivity contribution is 7.72. The molecule has 138 valence electrons. The normalized spacial score (nSPS) is 16.7. The highest BCUT2D eigenvalue weighted by Gasteiger charge is 2.53. The van der Waals surface area contributed by atoms with Gasteiger partial charge in [-0.25, -0.2) is 0 Å². The van der Waals surface area contributed by atoms with E-state index in [0.717, 1.165) is 11.8 Å². The van der Waals surface area contributed by atoms with Crippen molar-refractivity contribution < 1.29 is 24.2 Å². The Hall–Kier alpha value is -2.73. The van der Waals surface area contributed by atoms with Gasteiger partial charge in [0.25, 0.3) is 0 Å². The molecule has 1 atom stereocenters. The quantitative estimate of drug-likeness (QED) is 0.486. The maximum atomic E-state index is 12.0. The Morgan fingerprint density at radius 2 is 1.78 bits per heavy atom. The van der Waals surface area contributed by atoms with Crippen molar-refractivity contribution in [3.63, 3.8) is 0 Å². The summed E-state index contributed by atoms with van der Waals surface area (Å²) >= 11 is 5.67. The van der Waals surface area contributed by atoms with Crippen LogP contribution >= 0.6 is 12.2 Å². The van der Waals surface area contributed by atoms with Gasteiger partial charge in [0.1, 0.15) is 11.2 Å². The van der Waals surface area contributed by atoms with Crippen molar-refractivity contribution in [2.24, 2.45) is 11.3 Å². The summed E-state index contributed by atoms with van der Waals surface area (Å²) < 4.78 is 6.55. The molecule has 0 radical (unpaired) electrons. The fourth-order valence-corrected chi connectivity index (χ4v) is 4.49. The summed E-state index contributed by atoms with van der Waals surface area (Å²) in [4.78, 5) is 23.8. The summed E-state index contributed by atoms with van der Waals surface area (Å²) in [5.41, 5.74) is 0.761. The van der Waals surface area contributed by atoms with Crippen molar-refractivity contribution in [2.45, 2.75) is 25.7 Å². The predicted octanol–water partition coefficient (Wildman–Crippen LogP) is 4.81. The van der Waals surface area contributed by atoms with Crippen LogP contribution in [0, 0.1) is 15.8 Å². The minimum Gasteiger partial charge on any atom is -0.481 e. The zero-order valence-electron chi connectivity index (χ0n) is 14.5. The van der Waals surface area contributed by atoms with Crippen molar-refractivity contribution in [1.29, 1.82) is 0 Å². The van der Waals surface area contributed by atoms with Crippen LogP contribution in [0.5, 0.6) is 0 Å². The first kappa shape index (κ1) is 17.7. The van der Waals surface area contributed by atoms with Crippen LogP contribution in [0.1, 0.15) is 24.8 Å². The van der Waals surface area contributed by atoms with Gasteiger partial charge in [-0.05, 0) is 43.0 Å². The number of rotatable bonds is 5. The van der Waals surface area contributed by atoms with Crippen LogP contribution < -0.4 is 0 Å². The Labute approximate surface area is 160 Å². The van der Waals surface area contributed by atoms with Crippen molar-refractivity contribution in [3.8, 4) is 0 Å². The molecule has 6 heteroatoms. The summed E-state index contributed by atoms with van der Waals surface area (Å²) in [5.74, 6) is -3.12. The number of para-hydroxylation sites is 1. The molecule has 2 aromatic carbocycles. The Kier molecular flexibility index (Phi) is 4.23. The molecule has 0 saturated heterocycles. The lowest BCUT2D eigenvalue weighted by atomic mass is 9.59. The number of benzene rings is 2. The molecule has 1 saturated carbocycles. The lowest BCUT2D eigenvalue weighted by molar-refractivity contribution is -0.169. The Morgan fingerprint density at radius 1 is 1.07 bits per heavy atom. The van der Waals surface area contributed by atoms with E-state index in [4.69, 9.17) is 16.6 Å². The summed E-state index contributed by atoms with van der Waals surface area (Å²) in [5, 5.41) is 21.0. The average Bonchev–Trinajstić information content (AvgIpc) is 2.59. The fourth-order valence-electron chi connectivity index (χ4n) is 4.09. The van der Waals surface area contributed by atoms with E-state index in [1.807, 2.05) is 30.3 Å². The molecule has 0 aliphatic heterocycles. The van der Waals surface area contributed by atoms with Crippen LogP contribution in [0.4, 0.5) is 0 Å². The van der Waals surface area contributed by atoms with Gasteiger partial charge < -0.3 is 14.6 Å². The highest BCUT2D eigenvalue weighted by Crippen LogP contribution is 2.49. The fraction of sp³-hybridized carbons (Fsp3) is 0.286. The second-order valence-corrected chi connectivity index (χ2v) is 7.54. The Bertz CT molecular complexity index is 1130. The molecular weight excluding hydrogens is 364 g/mol. The SMILES string of the molecule is O=C(O)C(Cc1cccc2oc3ccccc3c(=S)c12)C1(C(=O)O)CCC1. The third-order valence-corrected chi connectivity index (χ3v) is 6.18. The van der Waals surface area contributed by atoms with Gasteiger partial charge in [-0.2, -0.15) is 0 Å². The van der Waals surface area contributed by atoms with Crippen LogP contribution in [0.25, 0.3) is 21.9 Å². The Balaban J connectivity index is 1.88. The van der Waals surface area contributed by atoms with E-state index in [-0.39, 0.29) is 6.42 Å². The van der Waals surface area contributed by atoms with E-state index in [1.165, 1.54) is 0 Å². The first-order valence-electron chi connectivity index (χ1n) is 8.84. The van der Waals surface area contributed by atoms with Crippen molar-refractivity contribution >= 4 is 46.1 Å². The van der Waals surface area contributed by atoms with Gasteiger partial charge in [-0.3, -0.25) is 9.59 Å². The van der Waals surface area contributed by atoms with Crippen molar-refractivity contribution in [1.82, 2.24) is 0 Å². The third kappa shape index (κ3) is 2.72. The van der Waals surface area contributed by atoms with Crippen LogP contribution in [0.15, 0.2) is 46.9 Å². The molecule has 1 aliphatic rings. The lowest BCUT2D eigenvalue weighted by Crippen LogP contribution is -2.48. The third-order valence-electron chi connectivity index (χ3n) is 5.75. The topological polar surface area (TPSA) is 87.7 Å². The molecule has 2 N–H and O–H groups in total. The average molecular weight is 382 g/mol. The first-order chi connectivity index (χ1) is 12.9. The molecule has 27 heavy (non-hydrogen) atoms. The van der Waals surface area contributed by atoms with Crippen LogP contribution in [-0.2, 0) is 16.0 Å². The van der Waals surface area contributed by atoms with Crippen molar-refractivity contribution in [2.75, 3.05) is 0 Å². The second-order valence-electron chi connectivity index (χ2n) is 7.13. The molecular formula is C21H18O5S. The van der Waals surface area contributed by atoms with E-state index in [2.05, 4.69) is 0 Å². The molecule has 1 fully saturated rings. The summed E-state index contributed by atoms with van der Waals surface area (Å²) in [7, 11) is 0. The van der Waals surface area contributed by atoms with Crippen LogP contribution in [0.3, 0.4) is 0 Å². The molecule has 0 amide bonds. The highest BCUT2D eigenvalue weighted by atomic mass is 32.1. The zero-order chi connectivity index (χ0) is 19.2. The number of hydrogen-bond acceptors (Lipinski definition) is 4. The van der Waals surface area contributed by atoms with Gasteiger partial charge in [0.05, 0.1) is 15.8 Å². The summed E-state index contributed by atoms with van der Waals surface area (Å²) in [6.45, 7) is 0. The molecule has 4 rings (SSSR count). The molecule has 5 nitrogen and oxygen atoms in total. The molecule has 0 spiro atoms. The van der Waals surface area contributed by atoms with Gasteiger partial charge in [-0.1, -0.05) is 42.9 Å². The van der Waals surface area contributed by atoms with Gasteiger partial charge >= 0.3 is 11.9 Å². The summed E-state index contributed by atoms with van der Waals surface area (Å²) in [6.07, 6.45) is 1.62. The smallest absolute Gasteiger partial charge is 0.310 e. The van der Waals surface area contributed by atoms with E-state index in [9.17, 15) is 19.8 Å². The molecule has 1 aromatic heterocycles. The van der Waals surface area contributed by atoms with E-state index in [1.54, 1.807) is 12.1 Å². The largest absolute Gasteiger partial charge is 0.481 e. The van der Waals surface area contributed by atoms with Crippen LogP contribution in [0.2, 0.25) is 0 Å². The summed E-state index contributed by atoms with van der Waals surface area (Å²) in [6, 6.07) is 12.8. The minimum absolute atomic E-state index is 0.108. The number of hydrogen-bond donors (Lipinski definition) is 2. The number of carbonyl (C=O) groups is 2. The van der Waals surface area contributed by atoms with Gasteiger partial charge in [0, 0.05) is 10.8 Å². The second kappa shape index (κ2) is 6.46. The molecule has 3 aromatic rings. The number of aliphatic carboxylic acids is 2. The number of carboxylic acid groups (broad SMARTS) is 2. The van der Waals surface area contributed by atoms with Gasteiger partial charge in [-0.15, -0.1) is 0 Å². The molecule has 0 bridgehead atoms. The maximum Gasteiger partial charge on any atom is 0.310 e. The first-order valence-corrected chi connectivity index (χ1v) is 9.24. The number of fused-ring (bicyclic) bond motifs is 2. The van der Waals surface area contributed by atoms with E-state index in [0.29, 0.717) is 39.5 Å². The predicted molar refractivity (Wildman–Crippen MR) is 103 cm³/mol. The maximum absolute atomic E-state index is 12.0. The molecule has 1 aliphatic carbocycles. The van der Waals surface area contributed by atoms with Crippen LogP contribution in [-0.4, -0.2) is 22.2 Å². The molecule has 1 heterocycles. The number of carboxylic acids is 2. The zero-order valence-corrected chi connectivity index (χ0v) is 15.3. The minimum atomic E-state index is -1.20. The van der Waals surface area contributed by atoms with E-state index >= 15 is 0 Å². The van der Waals surface area contributed by atoms with Crippen molar-refractivity contribution in [3.05, 3.63) is 52.5 Å². The lowest BCUT2D eigenvalue weighted by Gasteiger charge is -2.42. The van der Waals surface area contributed by atoms with E-state index < -0.39 is 23.3 Å². The van der Waals surface area contributed by atoms with Gasteiger partial charge in [0.15, 0.2) is 0 Å². The Morgan fingerprint density at radius 3 is 2.41 bits per heavy atom. The monoisotopic (exact) mass is 382 g/mol. The van der Waals surface area contributed by atoms with Gasteiger partial charge in [0.2, 0.25) is 0 Å². The standard InChI is InChI=1S/C21H18O5S/c22-19(23)14(21(20(24)25)9-4-10-21)11-12-5-3-8-16-17(12)18(27)13-6-1-2-7-15(13)26-16/h1-3,5-8,14H,4,9-11H2,(H,22,23)(H,24,25). The molecule has 1 unspecified atom stereocenters.